The number of amides is 2. The molecule has 9 heteroatoms. The second kappa shape index (κ2) is 14.1. The Morgan fingerprint density at radius 1 is 1.16 bits per heavy atom. The third-order valence-corrected chi connectivity index (χ3v) is 8.08. The minimum absolute atomic E-state index is 0.0487. The first-order valence-electron chi connectivity index (χ1n) is 13.5. The van der Waals surface area contributed by atoms with Gasteiger partial charge in [-0.3, -0.25) is 9.59 Å². The van der Waals surface area contributed by atoms with Crippen LogP contribution >= 0.6 is 11.9 Å². The number of carbonyl (C=O) groups is 2. The van der Waals surface area contributed by atoms with E-state index in [1.807, 2.05) is 24.3 Å². The molecule has 7 nitrogen and oxygen atoms in total. The lowest BCUT2D eigenvalue weighted by Gasteiger charge is -2.28. The second-order valence-electron chi connectivity index (χ2n) is 10.2. The Labute approximate surface area is 229 Å². The van der Waals surface area contributed by atoms with Crippen LogP contribution in [-0.2, 0) is 25.5 Å². The van der Waals surface area contributed by atoms with E-state index in [2.05, 4.69) is 9.71 Å². The van der Waals surface area contributed by atoms with E-state index in [-0.39, 0.29) is 36.5 Å². The Morgan fingerprint density at radius 3 is 2.74 bits per heavy atom. The summed E-state index contributed by atoms with van der Waals surface area (Å²) in [4.78, 5) is 27.9. The lowest BCUT2D eigenvalue weighted by Crippen LogP contribution is -2.40. The van der Waals surface area contributed by atoms with Crippen molar-refractivity contribution in [1.82, 2.24) is 4.90 Å². The van der Waals surface area contributed by atoms with Crippen LogP contribution in [0.5, 0.6) is 0 Å². The Morgan fingerprint density at radius 2 is 1.95 bits per heavy atom. The molecule has 38 heavy (non-hydrogen) atoms. The van der Waals surface area contributed by atoms with Crippen LogP contribution in [0.1, 0.15) is 56.1 Å². The van der Waals surface area contributed by atoms with Crippen LogP contribution in [0, 0.1) is 12.7 Å². The molecule has 0 radical (unpaired) electrons. The number of anilines is 1. The predicted octanol–water partition coefficient (Wildman–Crippen LogP) is 5.19. The molecule has 1 aromatic rings. The highest BCUT2D eigenvalue weighted by Gasteiger charge is 2.36. The minimum Gasteiger partial charge on any atom is -0.380 e. The van der Waals surface area contributed by atoms with E-state index < -0.39 is 5.82 Å². The quantitative estimate of drug-likeness (QED) is 0.457. The summed E-state index contributed by atoms with van der Waals surface area (Å²) in [5.74, 6) is -0.354. The highest BCUT2D eigenvalue weighted by molar-refractivity contribution is 7.98. The third kappa shape index (κ3) is 7.77. The lowest BCUT2D eigenvalue weighted by molar-refractivity contribution is -0.133. The molecule has 0 spiro atoms. The van der Waals surface area contributed by atoms with Crippen molar-refractivity contribution in [2.75, 3.05) is 31.3 Å². The van der Waals surface area contributed by atoms with E-state index in [1.165, 1.54) is 37.3 Å². The Kier molecular flexibility index (Phi) is 10.5. The van der Waals surface area contributed by atoms with Crippen molar-refractivity contribution in [3.8, 4) is 0 Å². The number of benzene rings is 1. The zero-order valence-corrected chi connectivity index (χ0v) is 23.1. The summed E-state index contributed by atoms with van der Waals surface area (Å²) in [6.45, 7) is 2.76. The number of nitrogens with one attached hydrogen (secondary N) is 1. The highest BCUT2D eigenvalue weighted by atomic mass is 32.2. The number of ether oxygens (including phenoxy) is 2. The molecule has 1 saturated carbocycles. The van der Waals surface area contributed by atoms with E-state index >= 15 is 4.39 Å². The molecule has 0 aromatic heterocycles. The van der Waals surface area contributed by atoms with Crippen LogP contribution in [0.2, 0.25) is 0 Å². The van der Waals surface area contributed by atoms with Crippen molar-refractivity contribution in [2.45, 2.75) is 76.5 Å². The molecule has 0 bridgehead atoms. The van der Waals surface area contributed by atoms with Crippen molar-refractivity contribution in [3.05, 3.63) is 53.4 Å². The van der Waals surface area contributed by atoms with E-state index in [0.717, 1.165) is 19.3 Å². The van der Waals surface area contributed by atoms with Gasteiger partial charge in [0.25, 0.3) is 5.91 Å². The fourth-order valence-electron chi connectivity index (χ4n) is 5.18. The number of halogens is 1. The van der Waals surface area contributed by atoms with Crippen LogP contribution in [0.3, 0.4) is 0 Å². The van der Waals surface area contributed by atoms with Gasteiger partial charge in [0.1, 0.15) is 11.5 Å². The number of aryl methyl sites for hydroxylation is 1. The molecular weight excluding hydrogens is 505 g/mol. The molecule has 2 fully saturated rings. The normalized spacial score (nSPS) is 25.6. The first kappa shape index (κ1) is 28.5. The van der Waals surface area contributed by atoms with Gasteiger partial charge in [-0.05, 0) is 55.3 Å². The number of likely N-dealkylation sites (tertiary alicyclic amines) is 1. The monoisotopic (exact) mass is 543 g/mol. The molecule has 1 aromatic carbocycles. The maximum atomic E-state index is 15.1. The average Bonchev–Trinajstić information content (AvgIpc) is 3.39. The fourth-order valence-corrected chi connectivity index (χ4v) is 5.76. The maximum Gasteiger partial charge on any atom is 0.271 e. The van der Waals surface area contributed by atoms with Gasteiger partial charge in [0.2, 0.25) is 5.91 Å². The summed E-state index contributed by atoms with van der Waals surface area (Å²) in [5, 5.41) is 2.79. The Balaban J connectivity index is 1.39. The van der Waals surface area contributed by atoms with E-state index in [0.29, 0.717) is 47.9 Å². The lowest BCUT2D eigenvalue weighted by atomic mass is 9.98. The molecule has 4 rings (SSSR count). The average molecular weight is 544 g/mol. The van der Waals surface area contributed by atoms with Gasteiger partial charge in [-0.25, -0.2) is 8.79 Å². The number of carbonyl (C=O) groups excluding carboxylic acids is 2. The van der Waals surface area contributed by atoms with Gasteiger partial charge in [0, 0.05) is 31.5 Å². The van der Waals surface area contributed by atoms with Crippen molar-refractivity contribution in [3.63, 3.8) is 0 Å². The van der Waals surface area contributed by atoms with Gasteiger partial charge in [0.05, 0.1) is 31.3 Å². The van der Waals surface area contributed by atoms with Gasteiger partial charge < -0.3 is 19.7 Å². The topological polar surface area (TPSA) is 80.2 Å². The number of hydrogen-bond acceptors (Lipinski definition) is 6. The number of rotatable bonds is 8. The van der Waals surface area contributed by atoms with Gasteiger partial charge in [0.15, 0.2) is 0 Å². The molecule has 2 unspecified atom stereocenters. The predicted molar refractivity (Wildman–Crippen MR) is 150 cm³/mol. The van der Waals surface area contributed by atoms with Gasteiger partial charge >= 0.3 is 0 Å². The van der Waals surface area contributed by atoms with Crippen molar-refractivity contribution in [1.29, 1.82) is 0 Å². The standard InChI is InChI=1S/C29H38FN3O4S/c1-20-14-21(25(30)17-27(20)31-29(35)26-12-8-3-4-9-13-38-32-26)15-28(34)33-18-24(36-2)16-22(33)19-37-23-10-6-5-7-11-23/h3-4,8-9,14,17,22-24H,5-7,10-13,15-16,18-19H2,1-2H3,(H,31,35)/b8-3-,9-4-,32-26+. The van der Waals surface area contributed by atoms with Crippen LogP contribution in [-0.4, -0.2) is 66.7 Å². The van der Waals surface area contributed by atoms with Crippen LogP contribution in [0.15, 0.2) is 40.8 Å². The van der Waals surface area contributed by atoms with Crippen LogP contribution in [0.4, 0.5) is 10.1 Å². The van der Waals surface area contributed by atoms with E-state index in [4.69, 9.17) is 9.47 Å². The van der Waals surface area contributed by atoms with Gasteiger partial charge in [-0.15, -0.1) is 0 Å². The smallest absolute Gasteiger partial charge is 0.271 e. The maximum absolute atomic E-state index is 15.1. The summed E-state index contributed by atoms with van der Waals surface area (Å²) in [6, 6.07) is 2.86. The molecule has 2 amide bonds. The molecule has 206 valence electrons. The summed E-state index contributed by atoms with van der Waals surface area (Å²) < 4.78 is 31.2. The number of methoxy groups -OCH3 is 1. The fraction of sp³-hybridized carbons (Fsp3) is 0.552. The first-order valence-corrected chi connectivity index (χ1v) is 14.4. The number of allylic oxidation sites excluding steroid dienone is 3. The molecule has 2 atom stereocenters. The Hall–Kier alpha value is -2.49. The van der Waals surface area contributed by atoms with Gasteiger partial charge in [-0.1, -0.05) is 49.6 Å². The summed E-state index contributed by atoms with van der Waals surface area (Å²) in [5.41, 5.74) is 1.74. The number of nitrogens with zero attached hydrogens (tertiary/aromatic N) is 2. The van der Waals surface area contributed by atoms with Gasteiger partial charge in [-0.2, -0.15) is 0 Å². The molecular formula is C29H38FN3O4S. The third-order valence-electron chi connectivity index (χ3n) is 7.39. The zero-order valence-electron chi connectivity index (χ0n) is 22.3. The van der Waals surface area contributed by atoms with E-state index in [1.54, 1.807) is 25.0 Å². The van der Waals surface area contributed by atoms with Crippen LogP contribution in [0.25, 0.3) is 0 Å². The van der Waals surface area contributed by atoms with Crippen molar-refractivity contribution >= 4 is 35.2 Å². The molecule has 1 saturated heterocycles. The Bertz CT molecular complexity index is 1080. The van der Waals surface area contributed by atoms with Crippen molar-refractivity contribution in [2.24, 2.45) is 4.40 Å². The van der Waals surface area contributed by atoms with Crippen molar-refractivity contribution < 1.29 is 23.5 Å². The summed E-state index contributed by atoms with van der Waals surface area (Å²) >= 11 is 1.30. The molecule has 2 aliphatic heterocycles. The summed E-state index contributed by atoms with van der Waals surface area (Å²) in [7, 11) is 1.66. The minimum atomic E-state index is -0.522. The SMILES string of the molecule is COC1CC(COC2CCCCC2)N(C(=O)Cc2cc(C)c(NC(=O)/C3=N/SC/C=C\C=C/C3)cc2F)C1. The van der Waals surface area contributed by atoms with Crippen LogP contribution < -0.4 is 5.32 Å². The summed E-state index contributed by atoms with van der Waals surface area (Å²) in [6.07, 6.45) is 14.7. The molecule has 1 aliphatic carbocycles. The number of hydrogen-bond donors (Lipinski definition) is 1. The first-order chi connectivity index (χ1) is 18.4. The molecule has 1 N–H and O–H groups in total. The molecule has 2 heterocycles. The largest absolute Gasteiger partial charge is 0.380 e. The zero-order chi connectivity index (χ0) is 26.9. The molecule has 3 aliphatic rings. The highest BCUT2D eigenvalue weighted by Crippen LogP contribution is 2.27. The second-order valence-corrected chi connectivity index (χ2v) is 10.9. The van der Waals surface area contributed by atoms with E-state index in [9.17, 15) is 9.59 Å².